The van der Waals surface area contributed by atoms with Gasteiger partial charge < -0.3 is 14.5 Å². The van der Waals surface area contributed by atoms with Gasteiger partial charge in [-0.05, 0) is 19.1 Å². The van der Waals surface area contributed by atoms with Crippen LogP contribution in [0.4, 0.5) is 10.8 Å². The van der Waals surface area contributed by atoms with Gasteiger partial charge in [-0.1, -0.05) is 6.07 Å². The molecule has 0 aliphatic carbocycles. The van der Waals surface area contributed by atoms with Crippen LogP contribution < -0.4 is 14.5 Å². The summed E-state index contributed by atoms with van der Waals surface area (Å²) in [4.78, 5) is 10.5. The number of hydrogen-bond acceptors (Lipinski definition) is 5. The second-order valence-electron chi connectivity index (χ2n) is 4.93. The number of piperazine rings is 1. The van der Waals surface area contributed by atoms with Crippen LogP contribution in [0.1, 0.15) is 4.88 Å². The molecule has 106 valence electrons. The molecule has 0 saturated carbocycles. The maximum atomic E-state index is 5.29. The Morgan fingerprint density at radius 1 is 1.15 bits per heavy atom. The van der Waals surface area contributed by atoms with Crippen molar-refractivity contribution in [1.29, 1.82) is 0 Å². The number of aromatic nitrogens is 1. The van der Waals surface area contributed by atoms with Gasteiger partial charge in [0.25, 0.3) is 0 Å². The van der Waals surface area contributed by atoms with Crippen molar-refractivity contribution in [2.24, 2.45) is 0 Å². The number of rotatable bonds is 3. The molecule has 0 radical (unpaired) electrons. The summed E-state index contributed by atoms with van der Waals surface area (Å²) < 4.78 is 5.29. The van der Waals surface area contributed by atoms with Crippen molar-refractivity contribution in [2.75, 3.05) is 43.1 Å². The van der Waals surface area contributed by atoms with E-state index in [0.29, 0.717) is 0 Å². The standard InChI is InChI=1S/C15H19N3OS/c1-12-11-16-15(20-12)18-8-6-17(7-9-18)13-4-3-5-14(10-13)19-2/h3-5,10-11H,6-9H2,1-2H3. The van der Waals surface area contributed by atoms with E-state index in [9.17, 15) is 0 Å². The molecule has 2 heterocycles. The predicted molar refractivity (Wildman–Crippen MR) is 84.3 cm³/mol. The number of anilines is 2. The highest BCUT2D eigenvalue weighted by Crippen LogP contribution is 2.26. The smallest absolute Gasteiger partial charge is 0.185 e. The number of nitrogens with zero attached hydrogens (tertiary/aromatic N) is 3. The molecule has 20 heavy (non-hydrogen) atoms. The second-order valence-corrected chi connectivity index (χ2v) is 6.14. The highest BCUT2D eigenvalue weighted by atomic mass is 32.1. The van der Waals surface area contributed by atoms with Crippen LogP contribution in [-0.2, 0) is 0 Å². The highest BCUT2D eigenvalue weighted by molar-refractivity contribution is 7.15. The Balaban J connectivity index is 1.66. The van der Waals surface area contributed by atoms with Gasteiger partial charge >= 0.3 is 0 Å². The third-order valence-corrected chi connectivity index (χ3v) is 4.55. The summed E-state index contributed by atoms with van der Waals surface area (Å²) >= 11 is 1.77. The molecule has 1 aromatic heterocycles. The van der Waals surface area contributed by atoms with Gasteiger partial charge in [0.1, 0.15) is 5.75 Å². The molecule has 0 N–H and O–H groups in total. The summed E-state index contributed by atoms with van der Waals surface area (Å²) in [5, 5.41) is 1.15. The molecule has 2 aromatic rings. The summed E-state index contributed by atoms with van der Waals surface area (Å²) in [5.74, 6) is 0.917. The van der Waals surface area contributed by atoms with E-state index >= 15 is 0 Å². The number of aryl methyl sites for hydroxylation is 1. The van der Waals surface area contributed by atoms with Gasteiger partial charge in [-0.15, -0.1) is 11.3 Å². The predicted octanol–water partition coefficient (Wildman–Crippen LogP) is 2.79. The van der Waals surface area contributed by atoms with Crippen molar-refractivity contribution in [3.8, 4) is 5.75 Å². The first kappa shape index (κ1) is 13.2. The summed E-state index contributed by atoms with van der Waals surface area (Å²) in [5.41, 5.74) is 1.24. The fraction of sp³-hybridized carbons (Fsp3) is 0.400. The summed E-state index contributed by atoms with van der Waals surface area (Å²) in [6, 6.07) is 8.28. The van der Waals surface area contributed by atoms with E-state index in [0.717, 1.165) is 37.1 Å². The molecule has 5 heteroatoms. The van der Waals surface area contributed by atoms with E-state index in [1.165, 1.54) is 10.6 Å². The molecular weight excluding hydrogens is 270 g/mol. The van der Waals surface area contributed by atoms with Gasteiger partial charge in [0, 0.05) is 49.0 Å². The zero-order valence-corrected chi connectivity index (χ0v) is 12.7. The molecule has 1 saturated heterocycles. The molecule has 0 spiro atoms. The van der Waals surface area contributed by atoms with E-state index in [2.05, 4.69) is 33.8 Å². The summed E-state index contributed by atoms with van der Waals surface area (Å²) in [6.07, 6.45) is 1.95. The lowest BCUT2D eigenvalue weighted by atomic mass is 10.2. The van der Waals surface area contributed by atoms with Gasteiger partial charge in [-0.25, -0.2) is 4.98 Å². The molecular formula is C15H19N3OS. The molecule has 1 aliphatic rings. The fourth-order valence-corrected chi connectivity index (χ4v) is 3.26. The molecule has 0 bridgehead atoms. The van der Waals surface area contributed by atoms with Crippen molar-refractivity contribution in [2.45, 2.75) is 6.92 Å². The topological polar surface area (TPSA) is 28.6 Å². The Labute approximate surface area is 123 Å². The number of benzene rings is 1. The van der Waals surface area contributed by atoms with Gasteiger partial charge in [-0.3, -0.25) is 0 Å². The minimum absolute atomic E-state index is 0.917. The van der Waals surface area contributed by atoms with Gasteiger partial charge in [0.15, 0.2) is 5.13 Å². The van der Waals surface area contributed by atoms with Crippen LogP contribution in [0, 0.1) is 6.92 Å². The van der Waals surface area contributed by atoms with Crippen molar-refractivity contribution in [3.05, 3.63) is 35.3 Å². The highest BCUT2D eigenvalue weighted by Gasteiger charge is 2.19. The van der Waals surface area contributed by atoms with E-state index < -0.39 is 0 Å². The Bertz CT molecular complexity index is 576. The first-order valence-electron chi connectivity index (χ1n) is 6.82. The molecule has 4 nitrogen and oxygen atoms in total. The number of methoxy groups -OCH3 is 1. The first-order valence-corrected chi connectivity index (χ1v) is 7.64. The molecule has 0 atom stereocenters. The lowest BCUT2D eigenvalue weighted by molar-refractivity contribution is 0.414. The Morgan fingerprint density at radius 3 is 2.55 bits per heavy atom. The van der Waals surface area contributed by atoms with Crippen LogP contribution in [0.25, 0.3) is 0 Å². The minimum Gasteiger partial charge on any atom is -0.497 e. The summed E-state index contributed by atoms with van der Waals surface area (Å²) in [7, 11) is 1.71. The molecule has 0 unspecified atom stereocenters. The van der Waals surface area contributed by atoms with E-state index in [1.54, 1.807) is 18.4 Å². The lowest BCUT2D eigenvalue weighted by Crippen LogP contribution is -2.46. The average molecular weight is 289 g/mol. The molecule has 1 fully saturated rings. The van der Waals surface area contributed by atoms with E-state index in [4.69, 9.17) is 4.74 Å². The number of thiazole rings is 1. The second kappa shape index (κ2) is 5.71. The zero-order chi connectivity index (χ0) is 13.9. The third kappa shape index (κ3) is 2.72. The minimum atomic E-state index is 0.917. The maximum Gasteiger partial charge on any atom is 0.185 e. The zero-order valence-electron chi connectivity index (χ0n) is 11.9. The van der Waals surface area contributed by atoms with Crippen LogP contribution in [0.5, 0.6) is 5.75 Å². The Morgan fingerprint density at radius 2 is 1.90 bits per heavy atom. The Kier molecular flexibility index (Phi) is 3.78. The van der Waals surface area contributed by atoms with Crippen LogP contribution in [-0.4, -0.2) is 38.3 Å². The van der Waals surface area contributed by atoms with Crippen LogP contribution >= 0.6 is 11.3 Å². The van der Waals surface area contributed by atoms with Crippen molar-refractivity contribution < 1.29 is 4.74 Å². The van der Waals surface area contributed by atoms with Crippen LogP contribution in [0.15, 0.2) is 30.5 Å². The number of hydrogen-bond donors (Lipinski definition) is 0. The first-order chi connectivity index (χ1) is 9.76. The maximum absolute atomic E-state index is 5.29. The van der Waals surface area contributed by atoms with Crippen molar-refractivity contribution in [1.82, 2.24) is 4.98 Å². The Hall–Kier alpha value is -1.75. The molecule has 1 aliphatic heterocycles. The van der Waals surface area contributed by atoms with E-state index in [-0.39, 0.29) is 0 Å². The third-order valence-electron chi connectivity index (χ3n) is 3.58. The normalized spacial score (nSPS) is 15.5. The van der Waals surface area contributed by atoms with Gasteiger partial charge in [0.05, 0.1) is 7.11 Å². The summed E-state index contributed by atoms with van der Waals surface area (Å²) in [6.45, 7) is 6.18. The molecule has 3 rings (SSSR count). The monoisotopic (exact) mass is 289 g/mol. The quantitative estimate of drug-likeness (QED) is 0.869. The molecule has 1 aromatic carbocycles. The SMILES string of the molecule is COc1cccc(N2CCN(c3ncc(C)s3)CC2)c1. The van der Waals surface area contributed by atoms with E-state index in [1.807, 2.05) is 18.3 Å². The van der Waals surface area contributed by atoms with Crippen LogP contribution in [0.2, 0.25) is 0 Å². The van der Waals surface area contributed by atoms with Gasteiger partial charge in [-0.2, -0.15) is 0 Å². The van der Waals surface area contributed by atoms with Gasteiger partial charge in [0.2, 0.25) is 0 Å². The van der Waals surface area contributed by atoms with Crippen LogP contribution in [0.3, 0.4) is 0 Å². The number of ether oxygens (including phenoxy) is 1. The lowest BCUT2D eigenvalue weighted by Gasteiger charge is -2.36. The van der Waals surface area contributed by atoms with Crippen molar-refractivity contribution >= 4 is 22.2 Å². The fourth-order valence-electron chi connectivity index (χ4n) is 2.45. The average Bonchev–Trinajstić information content (AvgIpc) is 2.94. The molecule has 0 amide bonds. The van der Waals surface area contributed by atoms with Crippen molar-refractivity contribution in [3.63, 3.8) is 0 Å². The largest absolute Gasteiger partial charge is 0.497 e.